The van der Waals surface area contributed by atoms with Gasteiger partial charge in [0, 0.05) is 18.4 Å². The van der Waals surface area contributed by atoms with E-state index in [0.29, 0.717) is 6.54 Å². The SMILES string of the molecule is CCn1nccc1CNc1cc(S(=O)(=O)NC)ccc1C. The van der Waals surface area contributed by atoms with Crippen LogP contribution in [0, 0.1) is 6.92 Å². The summed E-state index contributed by atoms with van der Waals surface area (Å²) in [4.78, 5) is 0.252. The zero-order chi connectivity index (χ0) is 15.5. The molecule has 0 saturated carbocycles. The number of aromatic nitrogens is 2. The van der Waals surface area contributed by atoms with Crippen molar-refractivity contribution in [3.8, 4) is 0 Å². The number of rotatable bonds is 6. The zero-order valence-corrected chi connectivity index (χ0v) is 13.2. The van der Waals surface area contributed by atoms with Crippen molar-refractivity contribution in [2.24, 2.45) is 0 Å². The molecule has 1 heterocycles. The Balaban J connectivity index is 2.22. The third-order valence-electron chi connectivity index (χ3n) is 3.35. The Kier molecular flexibility index (Phi) is 4.64. The fourth-order valence-corrected chi connectivity index (χ4v) is 2.81. The fraction of sp³-hybridized carbons (Fsp3) is 0.357. The van der Waals surface area contributed by atoms with E-state index in [1.54, 1.807) is 24.4 Å². The van der Waals surface area contributed by atoms with Gasteiger partial charge in [0.15, 0.2) is 0 Å². The Hall–Kier alpha value is -1.86. The first-order chi connectivity index (χ1) is 9.97. The van der Waals surface area contributed by atoms with Crippen molar-refractivity contribution >= 4 is 15.7 Å². The standard InChI is InChI=1S/C14H20N4O2S/c1-4-18-12(7-8-17-18)10-16-14-9-13(6-5-11(14)2)21(19,20)15-3/h5-9,15-16H,4,10H2,1-3H3. The van der Waals surface area contributed by atoms with Crippen LogP contribution in [0.3, 0.4) is 0 Å². The normalized spacial score (nSPS) is 11.6. The number of benzene rings is 1. The molecule has 0 aliphatic carbocycles. The van der Waals surface area contributed by atoms with Crippen molar-refractivity contribution in [2.45, 2.75) is 31.8 Å². The molecule has 0 amide bonds. The Morgan fingerprint density at radius 3 is 2.71 bits per heavy atom. The van der Waals surface area contributed by atoms with Crippen molar-refractivity contribution < 1.29 is 8.42 Å². The van der Waals surface area contributed by atoms with E-state index in [4.69, 9.17) is 0 Å². The molecule has 0 bridgehead atoms. The van der Waals surface area contributed by atoms with E-state index < -0.39 is 10.0 Å². The molecule has 114 valence electrons. The highest BCUT2D eigenvalue weighted by molar-refractivity contribution is 7.89. The van der Waals surface area contributed by atoms with Crippen LogP contribution in [0.5, 0.6) is 0 Å². The Labute approximate surface area is 125 Å². The van der Waals surface area contributed by atoms with Crippen LogP contribution in [-0.4, -0.2) is 25.2 Å². The van der Waals surface area contributed by atoms with Gasteiger partial charge in [-0.15, -0.1) is 0 Å². The summed E-state index contributed by atoms with van der Waals surface area (Å²) in [5.41, 5.74) is 2.85. The lowest BCUT2D eigenvalue weighted by atomic mass is 10.2. The van der Waals surface area contributed by atoms with Crippen LogP contribution >= 0.6 is 0 Å². The third kappa shape index (κ3) is 3.43. The molecule has 2 N–H and O–H groups in total. The number of sulfonamides is 1. The van der Waals surface area contributed by atoms with Crippen molar-refractivity contribution in [1.29, 1.82) is 0 Å². The summed E-state index contributed by atoms with van der Waals surface area (Å²) in [6.07, 6.45) is 1.76. The van der Waals surface area contributed by atoms with Crippen LogP contribution in [0.1, 0.15) is 18.2 Å². The molecule has 0 fully saturated rings. The van der Waals surface area contributed by atoms with Crippen LogP contribution in [0.25, 0.3) is 0 Å². The first-order valence-electron chi connectivity index (χ1n) is 6.76. The van der Waals surface area contributed by atoms with Crippen LogP contribution in [0.15, 0.2) is 35.4 Å². The summed E-state index contributed by atoms with van der Waals surface area (Å²) in [6, 6.07) is 6.99. The third-order valence-corrected chi connectivity index (χ3v) is 4.76. The van der Waals surface area contributed by atoms with Crippen LogP contribution in [0.4, 0.5) is 5.69 Å². The molecule has 1 aromatic carbocycles. The summed E-state index contributed by atoms with van der Waals surface area (Å²) in [7, 11) is -2.03. The second-order valence-electron chi connectivity index (χ2n) is 4.68. The fourth-order valence-electron chi connectivity index (χ4n) is 2.06. The lowest BCUT2D eigenvalue weighted by Crippen LogP contribution is -2.19. The summed E-state index contributed by atoms with van der Waals surface area (Å²) >= 11 is 0. The van der Waals surface area contributed by atoms with E-state index in [9.17, 15) is 8.42 Å². The maximum atomic E-state index is 11.8. The number of aryl methyl sites for hydroxylation is 2. The smallest absolute Gasteiger partial charge is 0.240 e. The second-order valence-corrected chi connectivity index (χ2v) is 6.56. The molecule has 21 heavy (non-hydrogen) atoms. The molecule has 0 unspecified atom stereocenters. The molecule has 1 aromatic heterocycles. The lowest BCUT2D eigenvalue weighted by Gasteiger charge is -2.12. The van der Waals surface area contributed by atoms with E-state index in [2.05, 4.69) is 15.1 Å². The van der Waals surface area contributed by atoms with Crippen molar-refractivity contribution in [1.82, 2.24) is 14.5 Å². The highest BCUT2D eigenvalue weighted by Gasteiger charge is 2.13. The van der Waals surface area contributed by atoms with E-state index in [1.807, 2.05) is 24.6 Å². The van der Waals surface area contributed by atoms with E-state index >= 15 is 0 Å². The molecule has 2 aromatic rings. The average molecular weight is 308 g/mol. The molecule has 7 heteroatoms. The van der Waals surface area contributed by atoms with Crippen molar-refractivity contribution in [3.05, 3.63) is 41.7 Å². The number of hydrogen-bond donors (Lipinski definition) is 2. The Morgan fingerprint density at radius 2 is 2.05 bits per heavy atom. The van der Waals surface area contributed by atoms with Crippen molar-refractivity contribution in [3.63, 3.8) is 0 Å². The van der Waals surface area contributed by atoms with Gasteiger partial charge in [0.1, 0.15) is 0 Å². The Morgan fingerprint density at radius 1 is 1.29 bits per heavy atom. The van der Waals surface area contributed by atoms with Gasteiger partial charge in [0.25, 0.3) is 0 Å². The quantitative estimate of drug-likeness (QED) is 0.852. The molecular weight excluding hydrogens is 288 g/mol. The summed E-state index contributed by atoms with van der Waals surface area (Å²) in [6.45, 7) is 5.37. The largest absolute Gasteiger partial charge is 0.379 e. The lowest BCUT2D eigenvalue weighted by molar-refractivity contribution is 0.588. The number of hydrogen-bond acceptors (Lipinski definition) is 4. The van der Waals surface area contributed by atoms with Gasteiger partial charge in [0.2, 0.25) is 10.0 Å². The van der Waals surface area contributed by atoms with Gasteiger partial charge in [-0.3, -0.25) is 4.68 Å². The summed E-state index contributed by atoms with van der Waals surface area (Å²) < 4.78 is 27.9. The van der Waals surface area contributed by atoms with Crippen LogP contribution < -0.4 is 10.0 Å². The van der Waals surface area contributed by atoms with E-state index in [0.717, 1.165) is 23.5 Å². The monoisotopic (exact) mass is 308 g/mol. The molecule has 6 nitrogen and oxygen atoms in total. The van der Waals surface area contributed by atoms with Crippen LogP contribution in [0.2, 0.25) is 0 Å². The summed E-state index contributed by atoms with van der Waals surface area (Å²) in [5.74, 6) is 0. The first-order valence-corrected chi connectivity index (χ1v) is 8.25. The second kappa shape index (κ2) is 6.28. The number of nitrogens with one attached hydrogen (secondary N) is 2. The predicted molar refractivity (Wildman–Crippen MR) is 82.7 cm³/mol. The Bertz CT molecular complexity index is 722. The van der Waals surface area contributed by atoms with Gasteiger partial charge >= 0.3 is 0 Å². The molecule has 0 radical (unpaired) electrons. The van der Waals surface area contributed by atoms with E-state index in [-0.39, 0.29) is 4.90 Å². The summed E-state index contributed by atoms with van der Waals surface area (Å²) in [5, 5.41) is 7.48. The van der Waals surface area contributed by atoms with Gasteiger partial charge in [0.05, 0.1) is 17.1 Å². The maximum Gasteiger partial charge on any atom is 0.240 e. The first kappa shape index (κ1) is 15.5. The molecule has 0 aliphatic rings. The van der Waals surface area contributed by atoms with Gasteiger partial charge in [-0.2, -0.15) is 5.10 Å². The van der Waals surface area contributed by atoms with Crippen molar-refractivity contribution in [2.75, 3.05) is 12.4 Å². The molecular formula is C14H20N4O2S. The predicted octanol–water partition coefficient (Wildman–Crippen LogP) is 1.73. The van der Waals surface area contributed by atoms with Gasteiger partial charge in [-0.05, 0) is 44.7 Å². The molecule has 2 rings (SSSR count). The van der Waals surface area contributed by atoms with Gasteiger partial charge in [-0.25, -0.2) is 13.1 Å². The zero-order valence-electron chi connectivity index (χ0n) is 12.4. The highest BCUT2D eigenvalue weighted by Crippen LogP contribution is 2.20. The molecule has 0 aliphatic heterocycles. The minimum atomic E-state index is -3.43. The minimum Gasteiger partial charge on any atom is -0.379 e. The van der Waals surface area contributed by atoms with Gasteiger partial charge < -0.3 is 5.32 Å². The maximum absolute atomic E-state index is 11.8. The molecule has 0 spiro atoms. The van der Waals surface area contributed by atoms with Gasteiger partial charge in [-0.1, -0.05) is 6.07 Å². The average Bonchev–Trinajstić information content (AvgIpc) is 2.93. The van der Waals surface area contributed by atoms with E-state index in [1.165, 1.54) is 7.05 Å². The highest BCUT2D eigenvalue weighted by atomic mass is 32.2. The molecule has 0 saturated heterocycles. The molecule has 0 atom stereocenters. The minimum absolute atomic E-state index is 0.252. The number of nitrogens with zero attached hydrogens (tertiary/aromatic N) is 2. The number of anilines is 1. The topological polar surface area (TPSA) is 76.0 Å². The van der Waals surface area contributed by atoms with Crippen LogP contribution in [-0.2, 0) is 23.1 Å².